The number of likely N-dealkylation sites (tertiary alicyclic amines) is 1. The van der Waals surface area contributed by atoms with Crippen molar-refractivity contribution in [2.24, 2.45) is 11.7 Å². The van der Waals surface area contributed by atoms with Gasteiger partial charge in [0.25, 0.3) is 5.91 Å². The van der Waals surface area contributed by atoms with E-state index in [-0.39, 0.29) is 17.8 Å². The van der Waals surface area contributed by atoms with Crippen LogP contribution in [0.5, 0.6) is 0 Å². The Hall–Kier alpha value is -3.19. The fourth-order valence-electron chi connectivity index (χ4n) is 4.92. The van der Waals surface area contributed by atoms with Crippen molar-refractivity contribution >= 4 is 22.5 Å². The number of carbonyl (C=O) groups is 1. The number of piperidine rings is 1. The van der Waals surface area contributed by atoms with E-state index < -0.39 is 0 Å². The Balaban J connectivity index is 1.59. The summed E-state index contributed by atoms with van der Waals surface area (Å²) in [6, 6.07) is 10.7. The molecule has 1 aliphatic rings. The van der Waals surface area contributed by atoms with E-state index in [0.717, 1.165) is 59.6 Å². The summed E-state index contributed by atoms with van der Waals surface area (Å²) in [7, 11) is 0. The second kappa shape index (κ2) is 8.30. The molecule has 0 bridgehead atoms. The molecule has 0 spiro atoms. The van der Waals surface area contributed by atoms with Crippen molar-refractivity contribution < 1.29 is 9.18 Å². The van der Waals surface area contributed by atoms with Crippen LogP contribution >= 0.6 is 0 Å². The van der Waals surface area contributed by atoms with Crippen LogP contribution < -0.4 is 5.73 Å². The third kappa shape index (κ3) is 3.91. The molecule has 1 aliphatic heterocycles. The van der Waals surface area contributed by atoms with Crippen LogP contribution in [0.15, 0.2) is 42.6 Å². The molecule has 1 atom stereocenters. The lowest BCUT2D eigenvalue weighted by Crippen LogP contribution is -2.45. The van der Waals surface area contributed by atoms with E-state index in [4.69, 9.17) is 10.7 Å². The Kier molecular flexibility index (Phi) is 5.44. The van der Waals surface area contributed by atoms with Gasteiger partial charge in [0.05, 0.1) is 5.69 Å². The number of pyridine rings is 1. The summed E-state index contributed by atoms with van der Waals surface area (Å²) in [6.45, 7) is 8.49. The lowest BCUT2D eigenvalue weighted by atomic mass is 10.1. The van der Waals surface area contributed by atoms with E-state index in [1.165, 1.54) is 6.07 Å². The van der Waals surface area contributed by atoms with Crippen LogP contribution in [0.25, 0.3) is 27.9 Å². The van der Waals surface area contributed by atoms with Crippen LogP contribution in [0.1, 0.15) is 42.7 Å². The van der Waals surface area contributed by atoms with Crippen molar-refractivity contribution in [2.75, 3.05) is 13.1 Å². The van der Waals surface area contributed by atoms with Gasteiger partial charge in [0, 0.05) is 54.0 Å². The molecule has 3 aromatic heterocycles. The molecule has 2 N–H and O–H groups in total. The Morgan fingerprint density at radius 2 is 2.06 bits per heavy atom. The molecular formula is C26H30FN5O. The van der Waals surface area contributed by atoms with E-state index in [1.54, 1.807) is 6.07 Å². The molecule has 0 unspecified atom stereocenters. The van der Waals surface area contributed by atoms with E-state index in [2.05, 4.69) is 18.4 Å². The molecule has 1 amide bonds. The van der Waals surface area contributed by atoms with Crippen LogP contribution in [0.3, 0.4) is 0 Å². The number of nitrogens with zero attached hydrogens (tertiary/aromatic N) is 4. The summed E-state index contributed by atoms with van der Waals surface area (Å²) in [5, 5.41) is 0.861. The van der Waals surface area contributed by atoms with E-state index in [1.807, 2.05) is 46.7 Å². The van der Waals surface area contributed by atoms with Gasteiger partial charge in [-0.05, 0) is 62.1 Å². The molecule has 4 aromatic rings. The van der Waals surface area contributed by atoms with Gasteiger partial charge in [-0.25, -0.2) is 9.37 Å². The van der Waals surface area contributed by atoms with E-state index >= 15 is 0 Å². The highest BCUT2D eigenvalue weighted by Gasteiger charge is 2.24. The van der Waals surface area contributed by atoms with E-state index in [9.17, 15) is 9.18 Å². The van der Waals surface area contributed by atoms with Crippen LogP contribution in [0.2, 0.25) is 0 Å². The zero-order chi connectivity index (χ0) is 23.3. The number of nitrogens with two attached hydrogens (primary N) is 1. The van der Waals surface area contributed by atoms with Gasteiger partial charge in [-0.15, -0.1) is 0 Å². The third-order valence-electron chi connectivity index (χ3n) is 6.51. The maximum atomic E-state index is 13.9. The quantitative estimate of drug-likeness (QED) is 0.496. The minimum absolute atomic E-state index is 0.000695. The van der Waals surface area contributed by atoms with Crippen LogP contribution in [-0.2, 0) is 6.54 Å². The second-order valence-corrected chi connectivity index (χ2v) is 9.58. The summed E-state index contributed by atoms with van der Waals surface area (Å²) in [5.41, 5.74) is 11.2. The Labute approximate surface area is 192 Å². The van der Waals surface area contributed by atoms with Crippen molar-refractivity contribution in [2.45, 2.75) is 46.2 Å². The van der Waals surface area contributed by atoms with Crippen molar-refractivity contribution in [3.8, 4) is 11.4 Å². The Morgan fingerprint density at radius 3 is 2.82 bits per heavy atom. The smallest absolute Gasteiger partial charge is 0.254 e. The normalized spacial score (nSPS) is 16.9. The van der Waals surface area contributed by atoms with Crippen molar-refractivity contribution in [3.63, 3.8) is 0 Å². The number of rotatable bonds is 4. The first-order chi connectivity index (χ1) is 15.8. The highest BCUT2D eigenvalue weighted by atomic mass is 19.1. The van der Waals surface area contributed by atoms with Gasteiger partial charge in [-0.2, -0.15) is 0 Å². The predicted octanol–water partition coefficient (Wildman–Crippen LogP) is 4.62. The Bertz CT molecular complexity index is 1350. The summed E-state index contributed by atoms with van der Waals surface area (Å²) in [4.78, 5) is 19.8. The molecule has 0 aliphatic carbocycles. The highest BCUT2D eigenvalue weighted by molar-refractivity contribution is 5.95. The average Bonchev–Trinajstić information content (AvgIpc) is 3.29. The molecule has 6 nitrogen and oxygen atoms in total. The van der Waals surface area contributed by atoms with Gasteiger partial charge in [0.15, 0.2) is 0 Å². The van der Waals surface area contributed by atoms with Crippen LogP contribution in [0, 0.1) is 18.7 Å². The SMILES string of the molecule is Cc1c(-c2cc3cc(F)ccc3n2CC(C)C)nc2cc(C(=O)N3CCC[C@@H](N)C3)ccn12. The first-order valence-electron chi connectivity index (χ1n) is 11.6. The fourth-order valence-corrected chi connectivity index (χ4v) is 4.92. The second-order valence-electron chi connectivity index (χ2n) is 9.58. The third-order valence-corrected chi connectivity index (χ3v) is 6.51. The molecule has 0 saturated carbocycles. The standard InChI is InChI=1S/C26H30FN5O/c1-16(2)14-32-22-7-6-20(27)11-19(22)12-23(32)25-17(3)31-10-8-18(13-24(31)29-25)26(33)30-9-4-5-21(28)15-30/h6-8,10-13,16,21H,4-5,9,14-15,28H2,1-3H3/t21-/m1/s1. The lowest BCUT2D eigenvalue weighted by molar-refractivity contribution is 0.0709. The lowest BCUT2D eigenvalue weighted by Gasteiger charge is -2.30. The number of carbonyl (C=O) groups excluding carboxylic acids is 1. The number of aryl methyl sites for hydroxylation is 1. The number of aromatic nitrogens is 3. The summed E-state index contributed by atoms with van der Waals surface area (Å²) < 4.78 is 18.1. The summed E-state index contributed by atoms with van der Waals surface area (Å²) in [6.07, 6.45) is 3.80. The first kappa shape index (κ1) is 21.6. The van der Waals surface area contributed by atoms with Gasteiger partial charge in [-0.3, -0.25) is 4.79 Å². The maximum Gasteiger partial charge on any atom is 0.254 e. The highest BCUT2D eigenvalue weighted by Crippen LogP contribution is 2.32. The fraction of sp³-hybridized carbons (Fsp3) is 0.385. The predicted molar refractivity (Wildman–Crippen MR) is 129 cm³/mol. The van der Waals surface area contributed by atoms with Crippen LogP contribution in [-0.4, -0.2) is 43.9 Å². The summed E-state index contributed by atoms with van der Waals surface area (Å²) in [5.74, 6) is 0.171. The summed E-state index contributed by atoms with van der Waals surface area (Å²) >= 11 is 0. The number of amides is 1. The topological polar surface area (TPSA) is 68.6 Å². The van der Waals surface area contributed by atoms with Gasteiger partial charge in [0.2, 0.25) is 0 Å². The van der Waals surface area contributed by atoms with Gasteiger partial charge in [0.1, 0.15) is 17.2 Å². The van der Waals surface area contributed by atoms with Gasteiger partial charge >= 0.3 is 0 Å². The minimum atomic E-state index is -0.247. The van der Waals surface area contributed by atoms with Gasteiger partial charge in [-0.1, -0.05) is 13.8 Å². The number of imidazole rings is 1. The average molecular weight is 448 g/mol. The van der Waals surface area contributed by atoms with Crippen molar-refractivity contribution in [1.29, 1.82) is 0 Å². The minimum Gasteiger partial charge on any atom is -0.339 e. The van der Waals surface area contributed by atoms with E-state index in [0.29, 0.717) is 18.0 Å². The number of halogens is 1. The molecular weight excluding hydrogens is 417 g/mol. The molecule has 172 valence electrons. The molecule has 1 aromatic carbocycles. The molecule has 0 radical (unpaired) electrons. The molecule has 1 saturated heterocycles. The number of hydrogen-bond donors (Lipinski definition) is 1. The monoisotopic (exact) mass is 447 g/mol. The maximum absolute atomic E-state index is 13.9. The largest absolute Gasteiger partial charge is 0.339 e. The number of benzene rings is 1. The number of hydrogen-bond acceptors (Lipinski definition) is 3. The zero-order valence-electron chi connectivity index (χ0n) is 19.4. The Morgan fingerprint density at radius 1 is 1.24 bits per heavy atom. The van der Waals surface area contributed by atoms with Crippen molar-refractivity contribution in [3.05, 3.63) is 59.7 Å². The molecule has 7 heteroatoms. The molecule has 33 heavy (non-hydrogen) atoms. The molecule has 4 heterocycles. The van der Waals surface area contributed by atoms with Gasteiger partial charge < -0.3 is 19.6 Å². The molecule has 1 fully saturated rings. The first-order valence-corrected chi connectivity index (χ1v) is 11.6. The molecule has 5 rings (SSSR count). The van der Waals surface area contributed by atoms with Crippen molar-refractivity contribution in [1.82, 2.24) is 18.9 Å². The van der Waals surface area contributed by atoms with Crippen LogP contribution in [0.4, 0.5) is 4.39 Å². The number of fused-ring (bicyclic) bond motifs is 2. The zero-order valence-corrected chi connectivity index (χ0v) is 19.4.